The summed E-state index contributed by atoms with van der Waals surface area (Å²) in [4.78, 5) is 11.9. The van der Waals surface area contributed by atoms with Crippen LogP contribution < -0.4 is 21.9 Å². The summed E-state index contributed by atoms with van der Waals surface area (Å²) in [5, 5.41) is 11.5. The van der Waals surface area contributed by atoms with Crippen LogP contribution in [0.3, 0.4) is 0 Å². The Morgan fingerprint density at radius 1 is 1.00 bits per heavy atom. The summed E-state index contributed by atoms with van der Waals surface area (Å²) in [6.07, 6.45) is 6.85. The van der Waals surface area contributed by atoms with E-state index >= 15 is 0 Å². The van der Waals surface area contributed by atoms with Crippen LogP contribution in [0, 0.1) is 5.92 Å². The average molecular weight is 483 g/mol. The Hall–Kier alpha value is -3.87. The van der Waals surface area contributed by atoms with Gasteiger partial charge in [0.15, 0.2) is 0 Å². The molecule has 6 nitrogen and oxygen atoms in total. The highest BCUT2D eigenvalue weighted by molar-refractivity contribution is 6.00. The number of aliphatic hydroxyl groups excluding tert-OH is 1. The minimum atomic E-state index is -0.226. The maximum absolute atomic E-state index is 11.9. The number of carbonyl (C=O) groups excluding carboxylic acids is 1. The van der Waals surface area contributed by atoms with Gasteiger partial charge in [0.1, 0.15) is 0 Å². The first kappa shape index (κ1) is 25.2. The van der Waals surface area contributed by atoms with Gasteiger partial charge in [0.05, 0.1) is 18.0 Å². The third kappa shape index (κ3) is 6.03. The van der Waals surface area contributed by atoms with E-state index in [1.54, 1.807) is 6.08 Å². The van der Waals surface area contributed by atoms with Crippen LogP contribution in [-0.4, -0.2) is 31.2 Å². The number of nitrogens with one attached hydrogen (secondary N) is 3. The fraction of sp³-hybridized carbons (Fsp3) is 0.233. The zero-order valence-electron chi connectivity index (χ0n) is 20.6. The summed E-state index contributed by atoms with van der Waals surface area (Å²) >= 11 is 0. The minimum absolute atomic E-state index is 0.0787. The molecule has 1 aliphatic rings. The highest BCUT2D eigenvalue weighted by Crippen LogP contribution is 2.45. The van der Waals surface area contributed by atoms with Gasteiger partial charge in [0, 0.05) is 19.7 Å². The molecule has 6 N–H and O–H groups in total. The van der Waals surface area contributed by atoms with Crippen LogP contribution >= 0.6 is 0 Å². The van der Waals surface area contributed by atoms with E-state index in [9.17, 15) is 4.79 Å². The Labute approximate surface area is 212 Å². The van der Waals surface area contributed by atoms with Crippen molar-refractivity contribution in [3.63, 3.8) is 0 Å². The van der Waals surface area contributed by atoms with Crippen molar-refractivity contribution in [3.05, 3.63) is 101 Å². The van der Waals surface area contributed by atoms with Gasteiger partial charge in [0.2, 0.25) is 5.91 Å². The summed E-state index contributed by atoms with van der Waals surface area (Å²) < 4.78 is 0. The summed E-state index contributed by atoms with van der Waals surface area (Å²) in [7, 11) is 1.81. The van der Waals surface area contributed by atoms with Gasteiger partial charge in [-0.2, -0.15) is 0 Å². The molecular formula is C30H34N4O2. The molecule has 4 rings (SSSR count). The van der Waals surface area contributed by atoms with Crippen molar-refractivity contribution >= 4 is 34.5 Å². The van der Waals surface area contributed by atoms with E-state index in [-0.39, 0.29) is 19.1 Å². The monoisotopic (exact) mass is 482 g/mol. The number of allylic oxidation sites excluding steroid dienone is 1. The van der Waals surface area contributed by atoms with Gasteiger partial charge in [-0.15, -0.1) is 0 Å². The van der Waals surface area contributed by atoms with Gasteiger partial charge in [-0.1, -0.05) is 67.1 Å². The number of aliphatic hydroxyl groups is 1. The molecule has 0 bridgehead atoms. The Kier molecular flexibility index (Phi) is 8.55. The van der Waals surface area contributed by atoms with E-state index in [2.05, 4.69) is 64.7 Å². The lowest BCUT2D eigenvalue weighted by Crippen LogP contribution is -2.24. The number of nitrogen functional groups attached to an aromatic ring is 1. The van der Waals surface area contributed by atoms with E-state index in [1.165, 1.54) is 42.0 Å². The highest BCUT2D eigenvalue weighted by atomic mass is 16.3. The van der Waals surface area contributed by atoms with E-state index in [0.717, 1.165) is 22.4 Å². The first-order chi connectivity index (χ1) is 17.6. The Morgan fingerprint density at radius 3 is 2.33 bits per heavy atom. The molecule has 0 atom stereocenters. The largest absolute Gasteiger partial charge is 0.397 e. The average Bonchev–Trinajstić information content (AvgIpc) is 2.87. The first-order valence-electron chi connectivity index (χ1n) is 12.4. The normalized spacial score (nSPS) is 14.3. The van der Waals surface area contributed by atoms with Crippen LogP contribution in [0.25, 0.3) is 17.2 Å². The fourth-order valence-corrected chi connectivity index (χ4v) is 4.51. The molecule has 1 fully saturated rings. The Morgan fingerprint density at radius 2 is 1.72 bits per heavy atom. The van der Waals surface area contributed by atoms with Crippen molar-refractivity contribution in [1.29, 1.82) is 0 Å². The van der Waals surface area contributed by atoms with E-state index < -0.39 is 0 Å². The van der Waals surface area contributed by atoms with Crippen molar-refractivity contribution in [2.24, 2.45) is 5.92 Å². The molecule has 36 heavy (non-hydrogen) atoms. The van der Waals surface area contributed by atoms with Gasteiger partial charge in [-0.05, 0) is 70.4 Å². The lowest BCUT2D eigenvalue weighted by molar-refractivity contribution is -0.116. The molecule has 0 saturated heterocycles. The van der Waals surface area contributed by atoms with Crippen molar-refractivity contribution in [3.8, 4) is 0 Å². The highest BCUT2D eigenvalue weighted by Gasteiger charge is 2.27. The second-order valence-corrected chi connectivity index (χ2v) is 8.93. The zero-order chi connectivity index (χ0) is 25.3. The number of carbonyl (C=O) groups is 1. The molecular weight excluding hydrogens is 448 g/mol. The number of hydrogen-bond donors (Lipinski definition) is 5. The molecule has 3 aromatic carbocycles. The SMILES string of the molecule is CNNc1ccc(C(=C(c2ccccc2)C2CCC2)c2ccc(C=CC(=O)NCCO)cc2)cc1N. The summed E-state index contributed by atoms with van der Waals surface area (Å²) in [6.45, 7) is 0.163. The predicted molar refractivity (Wildman–Crippen MR) is 149 cm³/mol. The molecule has 0 heterocycles. The molecule has 1 aliphatic carbocycles. The topological polar surface area (TPSA) is 99.4 Å². The van der Waals surface area contributed by atoms with Crippen LogP contribution in [-0.2, 0) is 4.79 Å². The van der Waals surface area contributed by atoms with Crippen molar-refractivity contribution in [2.45, 2.75) is 19.3 Å². The van der Waals surface area contributed by atoms with E-state index in [0.29, 0.717) is 11.6 Å². The number of nitrogens with two attached hydrogens (primary N) is 1. The first-order valence-corrected chi connectivity index (χ1v) is 12.4. The van der Waals surface area contributed by atoms with Gasteiger partial charge >= 0.3 is 0 Å². The maximum atomic E-state index is 11.9. The Bertz CT molecular complexity index is 1230. The standard InChI is InChI=1S/C30H34N4O2/c1-32-34-27-16-15-25(20-26(27)31)30(29(23-8-5-9-23)22-6-3-2-4-7-22)24-13-10-21(11-14-24)12-17-28(36)33-18-19-35/h2-4,6-7,10-17,20,23,32,34-35H,5,8-9,18-19,31H2,1H3,(H,33,36). The quantitative estimate of drug-likeness (QED) is 0.125. The molecule has 1 saturated carbocycles. The van der Waals surface area contributed by atoms with Crippen molar-refractivity contribution < 1.29 is 9.90 Å². The minimum Gasteiger partial charge on any atom is -0.397 e. The van der Waals surface area contributed by atoms with Crippen LogP contribution in [0.2, 0.25) is 0 Å². The van der Waals surface area contributed by atoms with Gasteiger partial charge < -0.3 is 21.6 Å². The number of rotatable bonds is 10. The van der Waals surface area contributed by atoms with E-state index in [4.69, 9.17) is 10.8 Å². The number of hydrazine groups is 1. The maximum Gasteiger partial charge on any atom is 0.244 e. The summed E-state index contributed by atoms with van der Waals surface area (Å²) in [5.41, 5.74) is 20.8. The molecule has 0 aliphatic heterocycles. The molecule has 186 valence electrons. The summed E-state index contributed by atoms with van der Waals surface area (Å²) in [5.74, 6) is 0.268. The number of anilines is 2. The molecule has 0 spiro atoms. The molecule has 3 aromatic rings. The molecule has 6 heteroatoms. The second-order valence-electron chi connectivity index (χ2n) is 8.93. The van der Waals surface area contributed by atoms with Crippen LogP contribution in [0.1, 0.15) is 41.5 Å². The van der Waals surface area contributed by atoms with E-state index in [1.807, 2.05) is 31.3 Å². The zero-order valence-corrected chi connectivity index (χ0v) is 20.6. The fourth-order valence-electron chi connectivity index (χ4n) is 4.51. The molecule has 0 unspecified atom stereocenters. The van der Waals surface area contributed by atoms with Gasteiger partial charge in [0.25, 0.3) is 0 Å². The number of amides is 1. The van der Waals surface area contributed by atoms with Gasteiger partial charge in [-0.3, -0.25) is 4.79 Å². The third-order valence-electron chi connectivity index (χ3n) is 6.51. The molecule has 0 aromatic heterocycles. The van der Waals surface area contributed by atoms with Crippen molar-refractivity contribution in [1.82, 2.24) is 10.7 Å². The van der Waals surface area contributed by atoms with Crippen LogP contribution in [0.4, 0.5) is 11.4 Å². The van der Waals surface area contributed by atoms with Crippen LogP contribution in [0.15, 0.2) is 78.9 Å². The summed E-state index contributed by atoms with van der Waals surface area (Å²) in [6, 6.07) is 25.0. The molecule has 0 radical (unpaired) electrons. The van der Waals surface area contributed by atoms with Crippen molar-refractivity contribution in [2.75, 3.05) is 31.4 Å². The van der Waals surface area contributed by atoms with Crippen LogP contribution in [0.5, 0.6) is 0 Å². The van der Waals surface area contributed by atoms with Gasteiger partial charge in [-0.25, -0.2) is 5.43 Å². The second kappa shape index (κ2) is 12.2. The lowest BCUT2D eigenvalue weighted by Gasteiger charge is -2.32. The number of hydrogen-bond acceptors (Lipinski definition) is 5. The molecule has 1 amide bonds. The lowest BCUT2D eigenvalue weighted by atomic mass is 9.73. The smallest absolute Gasteiger partial charge is 0.244 e. The Balaban J connectivity index is 1.79. The number of benzene rings is 3. The third-order valence-corrected chi connectivity index (χ3v) is 6.51. The predicted octanol–water partition coefficient (Wildman–Crippen LogP) is 4.70.